The largest absolute Gasteiger partial charge is 0.481 e. The van der Waals surface area contributed by atoms with Crippen LogP contribution < -0.4 is 0 Å². The van der Waals surface area contributed by atoms with Gasteiger partial charge in [0.25, 0.3) is 0 Å². The van der Waals surface area contributed by atoms with Crippen molar-refractivity contribution in [3.05, 3.63) is 60.2 Å². The lowest BCUT2D eigenvalue weighted by Gasteiger charge is -2.21. The van der Waals surface area contributed by atoms with Crippen LogP contribution in [0.15, 0.2) is 53.1 Å². The smallest absolute Gasteiger partial charge is 0.336 e. The zero-order valence-corrected chi connectivity index (χ0v) is 21.3. The average molecular weight is 532 g/mol. The van der Waals surface area contributed by atoms with E-state index in [-0.39, 0.29) is 0 Å². The molecule has 0 radical (unpaired) electrons. The highest BCUT2D eigenvalue weighted by Crippen LogP contribution is 2.21. The molecule has 1 aromatic carbocycles. The van der Waals surface area contributed by atoms with Gasteiger partial charge in [-0.2, -0.15) is 15.4 Å². The van der Waals surface area contributed by atoms with Gasteiger partial charge in [0.1, 0.15) is 17.1 Å². The van der Waals surface area contributed by atoms with Crippen LogP contribution in [0.5, 0.6) is 0 Å². The van der Waals surface area contributed by atoms with E-state index in [0.29, 0.717) is 0 Å². The number of furan rings is 1. The number of carboxylic acids is 3. The van der Waals surface area contributed by atoms with E-state index >= 15 is 0 Å². The van der Waals surface area contributed by atoms with Crippen molar-refractivity contribution in [3.8, 4) is 11.3 Å². The van der Waals surface area contributed by atoms with Gasteiger partial charge in [-0.15, -0.1) is 0 Å². The SMILES string of the molecule is CN(C)CCCN(Cc1ccco1)Cc1n[nH]nc1-c1ccccc1.O=C(O)CC(O)(CC(=O)O)C(=O)O. The number of carbonyl (C=O) groups is 3. The summed E-state index contributed by atoms with van der Waals surface area (Å²) in [5.41, 5.74) is 0.218. The third kappa shape index (κ3) is 10.1. The Balaban J connectivity index is 0.000000332. The van der Waals surface area contributed by atoms with Gasteiger partial charge < -0.3 is 29.7 Å². The van der Waals surface area contributed by atoms with E-state index in [1.54, 1.807) is 6.26 Å². The summed E-state index contributed by atoms with van der Waals surface area (Å²) in [5, 5.41) is 45.3. The molecule has 0 aliphatic heterocycles. The van der Waals surface area contributed by atoms with Gasteiger partial charge in [-0.25, -0.2) is 4.79 Å². The molecule has 3 rings (SSSR count). The van der Waals surface area contributed by atoms with Crippen molar-refractivity contribution < 1.29 is 39.2 Å². The molecule has 0 saturated heterocycles. The van der Waals surface area contributed by atoms with Crippen LogP contribution in [0.4, 0.5) is 0 Å². The molecule has 0 saturated carbocycles. The first-order chi connectivity index (χ1) is 18.0. The number of nitrogens with one attached hydrogen (secondary N) is 1. The summed E-state index contributed by atoms with van der Waals surface area (Å²) < 4.78 is 5.53. The second kappa shape index (κ2) is 14.6. The van der Waals surface area contributed by atoms with E-state index in [2.05, 4.69) is 51.4 Å². The number of aliphatic hydroxyl groups is 1. The minimum Gasteiger partial charge on any atom is -0.481 e. The van der Waals surface area contributed by atoms with E-state index in [9.17, 15) is 14.4 Å². The fourth-order valence-corrected chi connectivity index (χ4v) is 3.56. The Morgan fingerprint density at radius 3 is 2.11 bits per heavy atom. The van der Waals surface area contributed by atoms with Crippen LogP contribution in [0.1, 0.15) is 30.7 Å². The Morgan fingerprint density at radius 2 is 1.58 bits per heavy atom. The van der Waals surface area contributed by atoms with Gasteiger partial charge in [-0.1, -0.05) is 30.3 Å². The summed E-state index contributed by atoms with van der Waals surface area (Å²) in [5.74, 6) is -4.05. The number of hydrogen-bond acceptors (Lipinski definition) is 9. The quantitative estimate of drug-likeness (QED) is 0.203. The van der Waals surface area contributed by atoms with Crippen molar-refractivity contribution in [3.63, 3.8) is 0 Å². The maximum Gasteiger partial charge on any atom is 0.336 e. The first-order valence-corrected chi connectivity index (χ1v) is 11.7. The molecule has 13 heteroatoms. The molecular weight excluding hydrogens is 498 g/mol. The molecule has 206 valence electrons. The van der Waals surface area contributed by atoms with Crippen molar-refractivity contribution in [2.24, 2.45) is 0 Å². The molecule has 0 spiro atoms. The second-order valence-corrected chi connectivity index (χ2v) is 8.91. The molecule has 0 unspecified atom stereocenters. The molecule has 0 bridgehead atoms. The van der Waals surface area contributed by atoms with Crippen LogP contribution in [0, 0.1) is 0 Å². The first kappa shape index (κ1) is 30.2. The van der Waals surface area contributed by atoms with Gasteiger partial charge >= 0.3 is 17.9 Å². The first-order valence-electron chi connectivity index (χ1n) is 11.7. The molecule has 38 heavy (non-hydrogen) atoms. The highest BCUT2D eigenvalue weighted by molar-refractivity contribution is 5.88. The van der Waals surface area contributed by atoms with E-state index in [1.807, 2.05) is 30.3 Å². The minimum absolute atomic E-state index is 0.731. The van der Waals surface area contributed by atoms with Crippen LogP contribution in [-0.4, -0.2) is 96.3 Å². The molecule has 0 fully saturated rings. The van der Waals surface area contributed by atoms with Crippen LogP contribution in [-0.2, 0) is 27.5 Å². The maximum absolute atomic E-state index is 10.3. The van der Waals surface area contributed by atoms with E-state index in [1.165, 1.54) is 0 Å². The number of aromatic amines is 1. The molecule has 2 heterocycles. The van der Waals surface area contributed by atoms with E-state index < -0.39 is 36.4 Å². The second-order valence-electron chi connectivity index (χ2n) is 8.91. The third-order valence-corrected chi connectivity index (χ3v) is 5.37. The molecule has 2 aromatic heterocycles. The number of aromatic nitrogens is 3. The Hall–Kier alpha value is -4.07. The lowest BCUT2D eigenvalue weighted by molar-refractivity contribution is -0.170. The molecule has 3 aromatic rings. The van der Waals surface area contributed by atoms with Crippen molar-refractivity contribution in [1.29, 1.82) is 0 Å². The molecule has 0 atom stereocenters. The lowest BCUT2D eigenvalue weighted by Crippen LogP contribution is -2.42. The Labute approximate surface area is 219 Å². The highest BCUT2D eigenvalue weighted by atomic mass is 16.4. The van der Waals surface area contributed by atoms with Crippen LogP contribution >= 0.6 is 0 Å². The van der Waals surface area contributed by atoms with Gasteiger partial charge in [0.05, 0.1) is 25.6 Å². The average Bonchev–Trinajstić information content (AvgIpc) is 3.51. The summed E-state index contributed by atoms with van der Waals surface area (Å²) in [6.45, 7) is 3.52. The van der Waals surface area contributed by atoms with E-state index in [0.717, 1.165) is 55.3 Å². The van der Waals surface area contributed by atoms with Gasteiger partial charge in [0.2, 0.25) is 0 Å². The molecule has 0 aliphatic rings. The fraction of sp³-hybridized carbons (Fsp3) is 0.400. The van der Waals surface area contributed by atoms with Crippen molar-refractivity contribution >= 4 is 17.9 Å². The summed E-state index contributed by atoms with van der Waals surface area (Å²) in [6, 6.07) is 14.1. The van der Waals surface area contributed by atoms with Gasteiger partial charge in [-0.3, -0.25) is 14.5 Å². The van der Waals surface area contributed by atoms with Crippen LogP contribution in [0.25, 0.3) is 11.3 Å². The lowest BCUT2D eigenvalue weighted by atomic mass is 9.96. The topological polar surface area (TPSA) is 193 Å². The number of nitrogens with zero attached hydrogens (tertiary/aromatic N) is 4. The molecule has 13 nitrogen and oxygen atoms in total. The zero-order valence-electron chi connectivity index (χ0n) is 21.3. The summed E-state index contributed by atoms with van der Waals surface area (Å²) in [6.07, 6.45) is 0.522. The highest BCUT2D eigenvalue weighted by Gasteiger charge is 2.40. The van der Waals surface area contributed by atoms with Crippen molar-refractivity contribution in [1.82, 2.24) is 25.2 Å². The minimum atomic E-state index is -2.74. The predicted octanol–water partition coefficient (Wildman–Crippen LogP) is 1.77. The zero-order chi connectivity index (χ0) is 28.1. The Kier molecular flexibility index (Phi) is 11.6. The summed E-state index contributed by atoms with van der Waals surface area (Å²) in [7, 11) is 4.20. The van der Waals surface area contributed by atoms with Gasteiger partial charge in [0, 0.05) is 18.7 Å². The standard InChI is InChI=1S/C19H25N5O.C6H8O7/c1-23(2)11-7-12-24(14-17-10-6-13-25-17)15-18-19(21-22-20-18)16-8-4-3-5-9-16;7-3(8)1-6(13,5(11)12)2-4(9)10/h3-6,8-10,13H,7,11-12,14-15H2,1-2H3,(H,20,21,22);13H,1-2H2,(H,7,8)(H,9,10)(H,11,12). The number of rotatable bonds is 14. The third-order valence-electron chi connectivity index (χ3n) is 5.37. The maximum atomic E-state index is 10.3. The van der Waals surface area contributed by atoms with Gasteiger partial charge in [-0.05, 0) is 39.2 Å². The summed E-state index contributed by atoms with van der Waals surface area (Å²) in [4.78, 5) is 35.0. The van der Waals surface area contributed by atoms with Crippen molar-refractivity contribution in [2.75, 3.05) is 27.2 Å². The number of hydrogen-bond donors (Lipinski definition) is 5. The summed E-state index contributed by atoms with van der Waals surface area (Å²) >= 11 is 0. The number of H-pyrrole nitrogens is 1. The van der Waals surface area contributed by atoms with E-state index in [4.69, 9.17) is 24.8 Å². The molecule has 0 amide bonds. The van der Waals surface area contributed by atoms with Crippen LogP contribution in [0.3, 0.4) is 0 Å². The monoisotopic (exact) mass is 531 g/mol. The number of aliphatic carboxylic acids is 3. The Morgan fingerprint density at radius 1 is 0.921 bits per heavy atom. The normalized spacial score (nSPS) is 11.3. The molecular formula is C25H33N5O8. The number of carboxylic acid groups (broad SMARTS) is 3. The predicted molar refractivity (Wildman–Crippen MR) is 135 cm³/mol. The molecule has 5 N–H and O–H groups in total. The van der Waals surface area contributed by atoms with Crippen molar-refractivity contribution in [2.45, 2.75) is 38.0 Å². The number of benzene rings is 1. The fourth-order valence-electron chi connectivity index (χ4n) is 3.56. The van der Waals surface area contributed by atoms with Gasteiger partial charge in [0.15, 0.2) is 5.60 Å². The van der Waals surface area contributed by atoms with Crippen LogP contribution in [0.2, 0.25) is 0 Å². The molecule has 0 aliphatic carbocycles. The Bertz CT molecular complexity index is 1130.